The van der Waals surface area contributed by atoms with E-state index < -0.39 is 33.9 Å². The second-order valence-corrected chi connectivity index (χ2v) is 7.65. The fraction of sp³-hybridized carbons (Fsp3) is 0.400. The van der Waals surface area contributed by atoms with Gasteiger partial charge in [-0.3, -0.25) is 9.00 Å². The number of hydrogen-bond donors (Lipinski definition) is 0. The van der Waals surface area contributed by atoms with Gasteiger partial charge in [0.25, 0.3) is 0 Å². The molecule has 0 radical (unpaired) electrons. The number of rotatable bonds is 6. The monoisotopic (exact) mass is 424 g/mol. The number of carbonyl (C=O) groups is 1. The molecule has 2 atom stereocenters. The molecule has 2 unspecified atom stereocenters. The van der Waals surface area contributed by atoms with Gasteiger partial charge in [0.05, 0.1) is 6.20 Å². The van der Waals surface area contributed by atoms with Crippen LogP contribution in [0, 0.1) is 5.21 Å². The van der Waals surface area contributed by atoms with Crippen LogP contribution in [0.25, 0.3) is 5.69 Å². The maximum absolute atomic E-state index is 12.6. The third kappa shape index (κ3) is 5.19. The summed E-state index contributed by atoms with van der Waals surface area (Å²) in [6, 6.07) is 3.07. The van der Waals surface area contributed by atoms with E-state index >= 15 is 0 Å². The molecular formula is C15H16ClF3N4O3S. The molecule has 2 aromatic heterocycles. The Kier molecular flexibility index (Phi) is 6.47. The average Bonchev–Trinajstić information content (AvgIpc) is 2.95. The molecule has 2 rings (SSSR count). The molecule has 0 aromatic carbocycles. The van der Waals surface area contributed by atoms with Crippen molar-refractivity contribution in [3.05, 3.63) is 41.1 Å². The molecule has 2 aromatic rings. The Bertz CT molecular complexity index is 859. The smallest absolute Gasteiger partial charge is 0.400 e. The summed E-state index contributed by atoms with van der Waals surface area (Å²) in [6.45, 7) is 2.84. The summed E-state index contributed by atoms with van der Waals surface area (Å²) >= 11 is 6.08. The Morgan fingerprint density at radius 1 is 1.52 bits per heavy atom. The first-order valence-corrected chi connectivity index (χ1v) is 9.49. The van der Waals surface area contributed by atoms with Crippen LogP contribution in [0.1, 0.15) is 13.8 Å². The van der Waals surface area contributed by atoms with Gasteiger partial charge in [0.1, 0.15) is 22.4 Å². The Morgan fingerprint density at radius 3 is 2.74 bits per heavy atom. The fourth-order valence-electron chi connectivity index (χ4n) is 2.30. The van der Waals surface area contributed by atoms with Crippen molar-refractivity contribution in [3.63, 3.8) is 0 Å². The summed E-state index contributed by atoms with van der Waals surface area (Å²) < 4.78 is 51.0. The van der Waals surface area contributed by atoms with Crippen molar-refractivity contribution in [2.24, 2.45) is 0 Å². The molecule has 1 amide bonds. The van der Waals surface area contributed by atoms with Gasteiger partial charge >= 0.3 is 6.18 Å². The molecule has 0 aliphatic carbocycles. The minimum Gasteiger partial charge on any atom is -0.619 e. The van der Waals surface area contributed by atoms with E-state index in [0.29, 0.717) is 10.4 Å². The molecule has 0 saturated heterocycles. The number of anilines is 1. The van der Waals surface area contributed by atoms with Crippen molar-refractivity contribution in [2.75, 3.05) is 17.2 Å². The van der Waals surface area contributed by atoms with E-state index in [4.69, 9.17) is 11.6 Å². The summed E-state index contributed by atoms with van der Waals surface area (Å²) in [5.74, 6) is -2.34. The number of hydrogen-bond acceptors (Lipinski definition) is 4. The third-order valence-electron chi connectivity index (χ3n) is 3.60. The second-order valence-electron chi connectivity index (χ2n) is 5.54. The lowest BCUT2D eigenvalue weighted by molar-refractivity contribution is -0.605. The fourth-order valence-corrected chi connectivity index (χ4v) is 3.46. The summed E-state index contributed by atoms with van der Waals surface area (Å²) in [5, 5.41) is 13.9. The highest BCUT2D eigenvalue weighted by Gasteiger charge is 2.36. The zero-order valence-electron chi connectivity index (χ0n) is 14.3. The van der Waals surface area contributed by atoms with Crippen molar-refractivity contribution >= 4 is 34.0 Å². The van der Waals surface area contributed by atoms with Crippen LogP contribution in [0.5, 0.6) is 0 Å². The maximum Gasteiger partial charge on any atom is 0.400 e. The molecule has 7 nitrogen and oxygen atoms in total. The zero-order valence-corrected chi connectivity index (χ0v) is 15.9. The summed E-state index contributed by atoms with van der Waals surface area (Å²) in [5.41, 5.74) is 0.513. The number of nitrogens with zero attached hydrogens (tertiary/aromatic N) is 4. The van der Waals surface area contributed by atoms with Gasteiger partial charge in [0, 0.05) is 23.4 Å². The normalized spacial score (nSPS) is 14.0. The van der Waals surface area contributed by atoms with E-state index in [9.17, 15) is 27.4 Å². The average molecular weight is 425 g/mol. The molecule has 0 saturated carbocycles. The second kappa shape index (κ2) is 8.26. The van der Waals surface area contributed by atoms with E-state index in [0.717, 1.165) is 4.90 Å². The summed E-state index contributed by atoms with van der Waals surface area (Å²) in [7, 11) is -2.43. The van der Waals surface area contributed by atoms with E-state index in [2.05, 4.69) is 5.10 Å². The van der Waals surface area contributed by atoms with Crippen LogP contribution in [-0.4, -0.2) is 43.6 Å². The van der Waals surface area contributed by atoms with Crippen LogP contribution < -0.4 is 9.63 Å². The number of carbonyl (C=O) groups excluding carboxylic acids is 1. The van der Waals surface area contributed by atoms with Gasteiger partial charge in [-0.15, -0.1) is 0 Å². The molecule has 0 aliphatic rings. The molecule has 0 bridgehead atoms. The quantitative estimate of drug-likeness (QED) is 0.526. The highest BCUT2D eigenvalue weighted by Crippen LogP contribution is 2.27. The van der Waals surface area contributed by atoms with Crippen LogP contribution >= 0.6 is 11.6 Å². The zero-order chi connectivity index (χ0) is 20.4. The summed E-state index contributed by atoms with van der Waals surface area (Å²) in [6.07, 6.45) is -0.764. The molecule has 148 valence electrons. The van der Waals surface area contributed by atoms with Gasteiger partial charge in [0.2, 0.25) is 12.1 Å². The number of aromatic nitrogens is 3. The van der Waals surface area contributed by atoms with Crippen LogP contribution in [0.3, 0.4) is 0 Å². The standard InChI is InChI=1S/C15H16ClF3N4O3S/c1-3-22(14(24)10(2)27(26)9-15(17,18)19)12-8-23(20-13(12)16)11-5-4-6-21(25)7-11/h4-8,10H,3,9H2,1-2H3. The van der Waals surface area contributed by atoms with E-state index in [-0.39, 0.29) is 17.4 Å². The molecule has 0 fully saturated rings. The maximum atomic E-state index is 12.6. The molecule has 0 N–H and O–H groups in total. The van der Waals surface area contributed by atoms with Gasteiger partial charge in [-0.1, -0.05) is 11.6 Å². The Balaban J connectivity index is 2.29. The molecule has 12 heteroatoms. The SMILES string of the molecule is CCN(C(=O)C(C)S(=O)CC(F)(F)F)c1cn(-c2ccc[n+]([O-])c2)nc1Cl. The van der Waals surface area contributed by atoms with Crippen molar-refractivity contribution in [1.29, 1.82) is 0 Å². The first-order chi connectivity index (χ1) is 12.5. The van der Waals surface area contributed by atoms with Crippen LogP contribution in [0.4, 0.5) is 18.9 Å². The Labute approximate surface area is 160 Å². The molecule has 0 spiro atoms. The third-order valence-corrected chi connectivity index (χ3v) is 5.47. The Hall–Kier alpha value is -2.14. The lowest BCUT2D eigenvalue weighted by Crippen LogP contribution is -2.41. The highest BCUT2D eigenvalue weighted by molar-refractivity contribution is 7.86. The topological polar surface area (TPSA) is 82.1 Å². The Morgan fingerprint density at radius 2 is 2.19 bits per heavy atom. The van der Waals surface area contributed by atoms with Crippen LogP contribution in [0.2, 0.25) is 5.15 Å². The van der Waals surface area contributed by atoms with E-state index in [1.807, 2.05) is 0 Å². The number of alkyl halides is 3. The van der Waals surface area contributed by atoms with E-state index in [1.54, 1.807) is 13.0 Å². The predicted octanol–water partition coefficient (Wildman–Crippen LogP) is 2.21. The molecular weight excluding hydrogens is 409 g/mol. The van der Waals surface area contributed by atoms with Crippen molar-refractivity contribution < 1.29 is 26.9 Å². The molecule has 27 heavy (non-hydrogen) atoms. The van der Waals surface area contributed by atoms with Crippen molar-refractivity contribution in [1.82, 2.24) is 9.78 Å². The van der Waals surface area contributed by atoms with Crippen LogP contribution in [-0.2, 0) is 15.6 Å². The van der Waals surface area contributed by atoms with E-state index in [1.165, 1.54) is 36.3 Å². The first kappa shape index (κ1) is 21.2. The van der Waals surface area contributed by atoms with Gasteiger partial charge in [-0.25, -0.2) is 4.68 Å². The highest BCUT2D eigenvalue weighted by atomic mass is 35.5. The number of pyridine rings is 1. The largest absolute Gasteiger partial charge is 0.619 e. The van der Waals surface area contributed by atoms with Gasteiger partial charge < -0.3 is 10.1 Å². The van der Waals surface area contributed by atoms with Crippen molar-refractivity contribution in [2.45, 2.75) is 25.3 Å². The number of halogens is 4. The first-order valence-electron chi connectivity index (χ1n) is 7.73. The minimum absolute atomic E-state index is 0.0775. The molecule has 2 heterocycles. The van der Waals surface area contributed by atoms with Gasteiger partial charge in [-0.05, 0) is 19.9 Å². The minimum atomic E-state index is -4.64. The molecule has 0 aliphatic heterocycles. The van der Waals surface area contributed by atoms with Crippen LogP contribution in [0.15, 0.2) is 30.7 Å². The predicted molar refractivity (Wildman–Crippen MR) is 94.1 cm³/mol. The lowest BCUT2D eigenvalue weighted by Gasteiger charge is -2.23. The summed E-state index contributed by atoms with van der Waals surface area (Å²) in [4.78, 5) is 13.7. The van der Waals surface area contributed by atoms with Gasteiger partial charge in [0.15, 0.2) is 11.3 Å². The van der Waals surface area contributed by atoms with Gasteiger partial charge in [-0.2, -0.15) is 23.0 Å². The number of amides is 1. The lowest BCUT2D eigenvalue weighted by atomic mass is 10.3. The van der Waals surface area contributed by atoms with Crippen molar-refractivity contribution in [3.8, 4) is 5.69 Å².